The molecule has 0 aliphatic heterocycles. The molecule has 0 N–H and O–H groups in total. The third-order valence-corrected chi connectivity index (χ3v) is 7.09. The van der Waals surface area contributed by atoms with Crippen LogP contribution in [-0.4, -0.2) is 14.5 Å². The minimum absolute atomic E-state index is 0.123. The Labute approximate surface area is 186 Å². The normalized spacial score (nSPS) is 14.2. The molecule has 3 nitrogen and oxygen atoms in total. The van der Waals surface area contributed by atoms with Crippen molar-refractivity contribution in [1.82, 2.24) is 14.5 Å². The minimum Gasteiger partial charge on any atom is -0.278 e. The molecular weight excluding hydrogens is 390 g/mol. The molecule has 32 heavy (non-hydrogen) atoms. The molecule has 0 spiro atoms. The Morgan fingerprint density at radius 2 is 1.47 bits per heavy atom. The first-order valence-electron chi connectivity index (χ1n) is 11.0. The first-order chi connectivity index (χ1) is 15.7. The summed E-state index contributed by atoms with van der Waals surface area (Å²) in [6.45, 7) is 4.67. The van der Waals surface area contributed by atoms with Crippen LogP contribution >= 0.6 is 0 Å². The van der Waals surface area contributed by atoms with Crippen molar-refractivity contribution in [3.05, 3.63) is 102 Å². The summed E-state index contributed by atoms with van der Waals surface area (Å²) in [4.78, 5) is 9.35. The van der Waals surface area contributed by atoms with Crippen molar-refractivity contribution in [2.45, 2.75) is 19.3 Å². The van der Waals surface area contributed by atoms with Crippen molar-refractivity contribution in [2.24, 2.45) is 0 Å². The quantitative estimate of drug-likeness (QED) is 0.291. The Kier molecular flexibility index (Phi) is 3.34. The Hall–Kier alpha value is -3.98. The maximum atomic E-state index is 4.68. The average Bonchev–Trinajstić information content (AvgIpc) is 3.29. The Morgan fingerprint density at radius 3 is 2.34 bits per heavy atom. The lowest BCUT2D eigenvalue weighted by molar-refractivity contribution is 0.663. The van der Waals surface area contributed by atoms with E-state index in [1.54, 1.807) is 0 Å². The zero-order valence-corrected chi connectivity index (χ0v) is 18.0. The van der Waals surface area contributed by atoms with Crippen LogP contribution in [0.1, 0.15) is 25.0 Å². The van der Waals surface area contributed by atoms with E-state index in [0.717, 1.165) is 5.52 Å². The zero-order chi connectivity index (χ0) is 21.4. The lowest BCUT2D eigenvalue weighted by atomic mass is 9.81. The molecule has 7 rings (SSSR count). The fourth-order valence-corrected chi connectivity index (χ4v) is 5.74. The molecule has 0 bridgehead atoms. The molecule has 2 heterocycles. The largest absolute Gasteiger partial charge is 0.278 e. The minimum atomic E-state index is -0.123. The van der Waals surface area contributed by atoms with Crippen LogP contribution in [0.5, 0.6) is 0 Å². The molecule has 0 fully saturated rings. The van der Waals surface area contributed by atoms with Gasteiger partial charge in [0.05, 0.1) is 11.0 Å². The SMILES string of the molecule is CC1(C)c2ccccc2-c2ccc3c4c5ccccc5ccc4n(-c4ncccn4)c3c21. The van der Waals surface area contributed by atoms with Crippen LogP contribution in [0.2, 0.25) is 0 Å². The summed E-state index contributed by atoms with van der Waals surface area (Å²) in [5, 5.41) is 5.03. The van der Waals surface area contributed by atoms with Crippen molar-refractivity contribution < 1.29 is 0 Å². The number of hydrogen-bond acceptors (Lipinski definition) is 2. The van der Waals surface area contributed by atoms with Gasteiger partial charge in [0.2, 0.25) is 5.95 Å². The van der Waals surface area contributed by atoms with Crippen molar-refractivity contribution in [2.75, 3.05) is 0 Å². The molecular formula is C29H21N3. The van der Waals surface area contributed by atoms with Gasteiger partial charge in [0.25, 0.3) is 0 Å². The molecule has 0 unspecified atom stereocenters. The van der Waals surface area contributed by atoms with Gasteiger partial charge in [-0.1, -0.05) is 80.6 Å². The van der Waals surface area contributed by atoms with Crippen molar-refractivity contribution >= 4 is 32.6 Å². The summed E-state index contributed by atoms with van der Waals surface area (Å²) < 4.78 is 2.27. The van der Waals surface area contributed by atoms with Gasteiger partial charge >= 0.3 is 0 Å². The first kappa shape index (κ1) is 17.7. The van der Waals surface area contributed by atoms with E-state index in [0.29, 0.717) is 5.95 Å². The van der Waals surface area contributed by atoms with Crippen LogP contribution in [0.25, 0.3) is 49.7 Å². The van der Waals surface area contributed by atoms with Gasteiger partial charge in [-0.3, -0.25) is 4.57 Å². The molecule has 0 amide bonds. The van der Waals surface area contributed by atoms with Gasteiger partial charge < -0.3 is 0 Å². The first-order valence-corrected chi connectivity index (χ1v) is 11.0. The Balaban J connectivity index is 1.76. The van der Waals surface area contributed by atoms with Crippen LogP contribution in [0.4, 0.5) is 0 Å². The number of nitrogens with zero attached hydrogens (tertiary/aromatic N) is 3. The van der Waals surface area contributed by atoms with Crippen molar-refractivity contribution in [1.29, 1.82) is 0 Å². The molecule has 0 saturated carbocycles. The Morgan fingerprint density at radius 1 is 0.688 bits per heavy atom. The fourth-order valence-electron chi connectivity index (χ4n) is 5.74. The number of aromatic nitrogens is 3. The third-order valence-electron chi connectivity index (χ3n) is 7.09. The molecule has 0 radical (unpaired) electrons. The van der Waals surface area contributed by atoms with Gasteiger partial charge in [-0.2, -0.15) is 0 Å². The molecule has 6 aromatic rings. The summed E-state index contributed by atoms with van der Waals surface area (Å²) in [7, 11) is 0. The summed E-state index contributed by atoms with van der Waals surface area (Å²) >= 11 is 0. The monoisotopic (exact) mass is 411 g/mol. The molecule has 4 aromatic carbocycles. The van der Waals surface area contributed by atoms with Crippen molar-refractivity contribution in [3.8, 4) is 17.1 Å². The van der Waals surface area contributed by atoms with Gasteiger partial charge in [0.1, 0.15) is 0 Å². The topological polar surface area (TPSA) is 30.7 Å². The van der Waals surface area contributed by atoms with Gasteiger partial charge in [-0.25, -0.2) is 9.97 Å². The number of rotatable bonds is 1. The highest BCUT2D eigenvalue weighted by atomic mass is 15.1. The second kappa shape index (κ2) is 6.04. The maximum absolute atomic E-state index is 4.68. The fraction of sp³-hybridized carbons (Fsp3) is 0.103. The van der Waals surface area contributed by atoms with Crippen LogP contribution in [0.15, 0.2) is 91.3 Å². The average molecular weight is 412 g/mol. The van der Waals surface area contributed by atoms with Gasteiger partial charge in [0, 0.05) is 28.6 Å². The number of fused-ring (bicyclic) bond motifs is 9. The number of hydrogen-bond donors (Lipinski definition) is 0. The van der Waals surface area contributed by atoms with E-state index >= 15 is 0 Å². The summed E-state index contributed by atoms with van der Waals surface area (Å²) in [5.74, 6) is 0.711. The predicted octanol–water partition coefficient (Wildman–Crippen LogP) is 7.03. The van der Waals surface area contributed by atoms with Gasteiger partial charge in [-0.05, 0) is 45.2 Å². The van der Waals surface area contributed by atoms with Crippen LogP contribution in [0.3, 0.4) is 0 Å². The van der Waals surface area contributed by atoms with Gasteiger partial charge in [-0.15, -0.1) is 0 Å². The molecule has 0 atom stereocenters. The lowest BCUT2D eigenvalue weighted by Gasteiger charge is -2.23. The maximum Gasteiger partial charge on any atom is 0.234 e. The van der Waals surface area contributed by atoms with E-state index in [1.807, 2.05) is 18.5 Å². The van der Waals surface area contributed by atoms with Crippen LogP contribution < -0.4 is 0 Å². The van der Waals surface area contributed by atoms with E-state index < -0.39 is 0 Å². The highest BCUT2D eigenvalue weighted by molar-refractivity contribution is 6.22. The highest BCUT2D eigenvalue weighted by Crippen LogP contribution is 2.53. The van der Waals surface area contributed by atoms with E-state index in [9.17, 15) is 0 Å². The van der Waals surface area contributed by atoms with Gasteiger partial charge in [0.15, 0.2) is 0 Å². The molecule has 2 aromatic heterocycles. The third kappa shape index (κ3) is 2.10. The van der Waals surface area contributed by atoms with E-state index in [4.69, 9.17) is 0 Å². The standard InChI is InChI=1S/C29H21N3/c1-29(2)23-11-6-5-10-20(23)21-13-14-22-25-19-9-4-3-8-18(19)12-15-24(25)32(27(22)26(21)29)28-30-16-7-17-31-28/h3-17H,1-2H3. The molecule has 152 valence electrons. The second-order valence-corrected chi connectivity index (χ2v) is 9.12. The summed E-state index contributed by atoms with van der Waals surface area (Å²) in [6.07, 6.45) is 3.65. The second-order valence-electron chi connectivity index (χ2n) is 9.12. The molecule has 0 saturated heterocycles. The molecule has 3 heteroatoms. The summed E-state index contributed by atoms with van der Waals surface area (Å²) in [6, 6.07) is 28.3. The van der Waals surface area contributed by atoms with Crippen LogP contribution in [0, 0.1) is 0 Å². The summed E-state index contributed by atoms with van der Waals surface area (Å²) in [5.41, 5.74) is 7.59. The predicted molar refractivity (Wildman–Crippen MR) is 131 cm³/mol. The molecule has 1 aliphatic rings. The number of benzene rings is 4. The smallest absolute Gasteiger partial charge is 0.234 e. The zero-order valence-electron chi connectivity index (χ0n) is 18.0. The van der Waals surface area contributed by atoms with Crippen LogP contribution in [-0.2, 0) is 5.41 Å². The Bertz CT molecular complexity index is 1690. The van der Waals surface area contributed by atoms with E-state index in [1.165, 1.54) is 49.3 Å². The van der Waals surface area contributed by atoms with Crippen molar-refractivity contribution in [3.63, 3.8) is 0 Å². The van der Waals surface area contributed by atoms with E-state index in [2.05, 4.69) is 101 Å². The lowest BCUT2D eigenvalue weighted by Crippen LogP contribution is -2.16. The van der Waals surface area contributed by atoms with E-state index in [-0.39, 0.29) is 5.41 Å². The highest BCUT2D eigenvalue weighted by Gasteiger charge is 2.38. The molecule has 1 aliphatic carbocycles.